The lowest BCUT2D eigenvalue weighted by molar-refractivity contribution is 0.0600. The van der Waals surface area contributed by atoms with Gasteiger partial charge in [-0.25, -0.2) is 4.79 Å². The lowest BCUT2D eigenvalue weighted by Crippen LogP contribution is -2.03. The smallest absolute Gasteiger partial charge is 0.338 e. The van der Waals surface area contributed by atoms with Gasteiger partial charge in [0.1, 0.15) is 0 Å². The number of allylic oxidation sites excluding steroid dienone is 1. The summed E-state index contributed by atoms with van der Waals surface area (Å²) in [5, 5.41) is 0. The summed E-state index contributed by atoms with van der Waals surface area (Å²) >= 11 is 0. The van der Waals surface area contributed by atoms with Gasteiger partial charge in [-0.15, -0.1) is 0 Å². The molecule has 0 amide bonds. The second kappa shape index (κ2) is 4.61. The Kier molecular flexibility index (Phi) is 3.46. The maximum Gasteiger partial charge on any atom is 0.338 e. The van der Waals surface area contributed by atoms with Crippen molar-refractivity contribution in [3.8, 4) is 0 Å². The minimum atomic E-state index is -0.283. The molecule has 0 saturated heterocycles. The minimum absolute atomic E-state index is 0.283. The summed E-state index contributed by atoms with van der Waals surface area (Å²) in [5.41, 5.74) is 2.66. The van der Waals surface area contributed by atoms with E-state index in [-0.39, 0.29) is 5.97 Å². The number of rotatable bonds is 2. The van der Waals surface area contributed by atoms with Crippen molar-refractivity contribution in [3.05, 3.63) is 41.0 Å². The summed E-state index contributed by atoms with van der Waals surface area (Å²) in [5.74, 6) is -0.283. The molecule has 0 saturated carbocycles. The van der Waals surface area contributed by atoms with E-state index in [0.29, 0.717) is 5.56 Å². The second-order valence-corrected chi connectivity index (χ2v) is 3.07. The SMILES string of the molecule is C/C=C/c1ccc(C(=O)OC)c(C)c1. The van der Waals surface area contributed by atoms with Crippen molar-refractivity contribution in [1.82, 2.24) is 0 Å². The Morgan fingerprint density at radius 2 is 2.14 bits per heavy atom. The Balaban J connectivity index is 3.07. The van der Waals surface area contributed by atoms with Crippen LogP contribution in [-0.4, -0.2) is 13.1 Å². The Morgan fingerprint density at radius 3 is 2.64 bits per heavy atom. The molecule has 0 aliphatic heterocycles. The van der Waals surface area contributed by atoms with E-state index in [1.165, 1.54) is 7.11 Å². The maximum atomic E-state index is 11.3. The third kappa shape index (κ3) is 2.22. The maximum absolute atomic E-state index is 11.3. The summed E-state index contributed by atoms with van der Waals surface area (Å²) in [6.45, 7) is 3.86. The Morgan fingerprint density at radius 1 is 1.43 bits per heavy atom. The summed E-state index contributed by atoms with van der Waals surface area (Å²) in [6, 6.07) is 5.65. The lowest BCUT2D eigenvalue weighted by Gasteiger charge is -2.04. The van der Waals surface area contributed by atoms with Crippen molar-refractivity contribution in [3.63, 3.8) is 0 Å². The van der Waals surface area contributed by atoms with Crippen LogP contribution in [-0.2, 0) is 4.74 Å². The largest absolute Gasteiger partial charge is 0.465 e. The van der Waals surface area contributed by atoms with Crippen molar-refractivity contribution in [1.29, 1.82) is 0 Å². The molecule has 1 aromatic carbocycles. The van der Waals surface area contributed by atoms with E-state index >= 15 is 0 Å². The molecule has 0 radical (unpaired) electrons. The van der Waals surface area contributed by atoms with E-state index in [0.717, 1.165) is 11.1 Å². The van der Waals surface area contributed by atoms with Crippen LogP contribution in [0.25, 0.3) is 6.08 Å². The fourth-order valence-corrected chi connectivity index (χ4v) is 1.32. The van der Waals surface area contributed by atoms with Crippen LogP contribution in [0.2, 0.25) is 0 Å². The molecule has 0 unspecified atom stereocenters. The minimum Gasteiger partial charge on any atom is -0.465 e. The van der Waals surface area contributed by atoms with Crippen molar-refractivity contribution in [2.75, 3.05) is 7.11 Å². The molecule has 0 spiro atoms. The third-order valence-electron chi connectivity index (χ3n) is 2.01. The van der Waals surface area contributed by atoms with Crippen LogP contribution in [0.4, 0.5) is 0 Å². The molecule has 0 atom stereocenters. The van der Waals surface area contributed by atoms with Gasteiger partial charge in [0.15, 0.2) is 0 Å². The first-order valence-electron chi connectivity index (χ1n) is 4.50. The number of aryl methyl sites for hydroxylation is 1. The molecule has 0 bridgehead atoms. The molecule has 0 aromatic heterocycles. The van der Waals surface area contributed by atoms with Crippen LogP contribution in [0.15, 0.2) is 24.3 Å². The molecule has 2 nitrogen and oxygen atoms in total. The van der Waals surface area contributed by atoms with Crippen LogP contribution >= 0.6 is 0 Å². The van der Waals surface area contributed by atoms with Crippen molar-refractivity contribution in [2.45, 2.75) is 13.8 Å². The Labute approximate surface area is 84.2 Å². The number of carbonyl (C=O) groups excluding carboxylic acids is 1. The zero-order chi connectivity index (χ0) is 10.6. The van der Waals surface area contributed by atoms with Crippen molar-refractivity contribution >= 4 is 12.0 Å². The number of hydrogen-bond acceptors (Lipinski definition) is 2. The van der Waals surface area contributed by atoms with Gasteiger partial charge in [-0.05, 0) is 31.0 Å². The summed E-state index contributed by atoms with van der Waals surface area (Å²) < 4.78 is 4.66. The van der Waals surface area contributed by atoms with Gasteiger partial charge in [-0.3, -0.25) is 0 Å². The molecular weight excluding hydrogens is 176 g/mol. The molecule has 74 valence electrons. The first-order valence-corrected chi connectivity index (χ1v) is 4.50. The highest BCUT2D eigenvalue weighted by molar-refractivity contribution is 5.91. The van der Waals surface area contributed by atoms with E-state index in [9.17, 15) is 4.79 Å². The third-order valence-corrected chi connectivity index (χ3v) is 2.01. The summed E-state index contributed by atoms with van der Waals surface area (Å²) in [4.78, 5) is 11.3. The van der Waals surface area contributed by atoms with E-state index < -0.39 is 0 Å². The van der Waals surface area contributed by atoms with Gasteiger partial charge in [0, 0.05) is 0 Å². The summed E-state index contributed by atoms with van der Waals surface area (Å²) in [6.07, 6.45) is 3.96. The monoisotopic (exact) mass is 190 g/mol. The topological polar surface area (TPSA) is 26.3 Å². The fraction of sp³-hybridized carbons (Fsp3) is 0.250. The quantitative estimate of drug-likeness (QED) is 0.670. The van der Waals surface area contributed by atoms with E-state index in [4.69, 9.17) is 0 Å². The highest BCUT2D eigenvalue weighted by atomic mass is 16.5. The van der Waals surface area contributed by atoms with Crippen molar-refractivity contribution < 1.29 is 9.53 Å². The normalized spacial score (nSPS) is 10.5. The molecule has 0 aliphatic rings. The predicted molar refractivity (Wildman–Crippen MR) is 57.2 cm³/mol. The number of methoxy groups -OCH3 is 1. The van der Waals surface area contributed by atoms with Crippen molar-refractivity contribution in [2.24, 2.45) is 0 Å². The fourth-order valence-electron chi connectivity index (χ4n) is 1.32. The standard InChI is InChI=1S/C12H14O2/c1-4-5-10-6-7-11(9(2)8-10)12(13)14-3/h4-8H,1-3H3/b5-4+. The number of hydrogen-bond donors (Lipinski definition) is 0. The second-order valence-electron chi connectivity index (χ2n) is 3.07. The zero-order valence-electron chi connectivity index (χ0n) is 8.70. The molecule has 1 rings (SSSR count). The average Bonchev–Trinajstić information content (AvgIpc) is 2.17. The van der Waals surface area contributed by atoms with Gasteiger partial charge in [-0.2, -0.15) is 0 Å². The van der Waals surface area contributed by atoms with Gasteiger partial charge in [-0.1, -0.05) is 24.3 Å². The highest BCUT2D eigenvalue weighted by Crippen LogP contribution is 2.13. The summed E-state index contributed by atoms with van der Waals surface area (Å²) in [7, 11) is 1.39. The van der Waals surface area contributed by atoms with Crippen LogP contribution in [0.5, 0.6) is 0 Å². The number of benzene rings is 1. The predicted octanol–water partition coefficient (Wildman–Crippen LogP) is 2.81. The van der Waals surface area contributed by atoms with Crippen LogP contribution < -0.4 is 0 Å². The zero-order valence-corrected chi connectivity index (χ0v) is 8.70. The molecular formula is C12H14O2. The Hall–Kier alpha value is -1.57. The molecule has 0 N–H and O–H groups in total. The Bertz CT molecular complexity index is 365. The first kappa shape index (κ1) is 10.5. The number of carbonyl (C=O) groups is 1. The van der Waals surface area contributed by atoms with Crippen LogP contribution in [0.3, 0.4) is 0 Å². The molecule has 2 heteroatoms. The van der Waals surface area contributed by atoms with E-state index in [2.05, 4.69) is 4.74 Å². The molecule has 0 heterocycles. The van der Waals surface area contributed by atoms with Gasteiger partial charge in [0.25, 0.3) is 0 Å². The van der Waals surface area contributed by atoms with Gasteiger partial charge in [0.2, 0.25) is 0 Å². The number of esters is 1. The molecule has 0 aliphatic carbocycles. The van der Waals surface area contributed by atoms with Crippen LogP contribution in [0.1, 0.15) is 28.4 Å². The van der Waals surface area contributed by atoms with Gasteiger partial charge < -0.3 is 4.74 Å². The van der Waals surface area contributed by atoms with Gasteiger partial charge in [0.05, 0.1) is 12.7 Å². The lowest BCUT2D eigenvalue weighted by atomic mass is 10.1. The van der Waals surface area contributed by atoms with E-state index in [1.54, 1.807) is 6.07 Å². The van der Waals surface area contributed by atoms with Gasteiger partial charge >= 0.3 is 5.97 Å². The molecule has 0 fully saturated rings. The highest BCUT2D eigenvalue weighted by Gasteiger charge is 2.07. The van der Waals surface area contributed by atoms with Crippen LogP contribution in [0, 0.1) is 6.92 Å². The molecule has 14 heavy (non-hydrogen) atoms. The first-order chi connectivity index (χ1) is 6.69. The average molecular weight is 190 g/mol. The van der Waals surface area contributed by atoms with E-state index in [1.807, 2.05) is 38.1 Å². The molecule has 1 aromatic rings. The number of ether oxygens (including phenoxy) is 1.